The Balaban J connectivity index is 1.76. The van der Waals surface area contributed by atoms with Crippen molar-refractivity contribution in [2.75, 3.05) is 27.2 Å². The van der Waals surface area contributed by atoms with Gasteiger partial charge in [-0.25, -0.2) is 0 Å². The Bertz CT molecular complexity index is 1110. The van der Waals surface area contributed by atoms with Crippen LogP contribution in [0.2, 0.25) is 0 Å². The zero-order valence-corrected chi connectivity index (χ0v) is 17.3. The molecular weight excluding hydrogens is 388 g/mol. The molecule has 1 atom stereocenters. The fraction of sp³-hybridized carbons (Fsp3) is 0.273. The van der Waals surface area contributed by atoms with E-state index in [1.165, 1.54) is 11.3 Å². The number of hydrogen-bond acceptors (Lipinski definition) is 6. The molecule has 29 heavy (non-hydrogen) atoms. The minimum Gasteiger partial charge on any atom is -0.503 e. The molecule has 1 N–H and O–H groups in total. The minimum absolute atomic E-state index is 0.0759. The first-order valence-electron chi connectivity index (χ1n) is 9.34. The second kappa shape index (κ2) is 7.50. The van der Waals surface area contributed by atoms with Gasteiger partial charge in [0.05, 0.1) is 11.6 Å². The molecule has 0 saturated heterocycles. The van der Waals surface area contributed by atoms with Crippen molar-refractivity contribution in [3.63, 3.8) is 0 Å². The second-order valence-electron chi connectivity index (χ2n) is 7.46. The number of benzene rings is 1. The number of aryl methyl sites for hydroxylation is 1. The average molecular weight is 410 g/mol. The van der Waals surface area contributed by atoms with Crippen LogP contribution in [0.25, 0.3) is 11.0 Å². The maximum absolute atomic E-state index is 13.4. The maximum Gasteiger partial charge on any atom is 0.290 e. The molecule has 3 heterocycles. The van der Waals surface area contributed by atoms with Gasteiger partial charge in [0.15, 0.2) is 11.5 Å². The lowest BCUT2D eigenvalue weighted by Crippen LogP contribution is -2.36. The van der Waals surface area contributed by atoms with Gasteiger partial charge in [-0.3, -0.25) is 9.59 Å². The van der Waals surface area contributed by atoms with E-state index >= 15 is 0 Å². The lowest BCUT2D eigenvalue weighted by Gasteiger charge is -2.26. The Morgan fingerprint density at radius 2 is 2.07 bits per heavy atom. The number of ketones is 1. The van der Waals surface area contributed by atoms with E-state index < -0.39 is 23.5 Å². The third kappa shape index (κ3) is 3.47. The molecule has 0 saturated carbocycles. The number of Topliss-reactive ketones (excluding diaryl/α,β-unsaturated/α-hetero) is 1. The molecule has 1 unspecified atom stereocenters. The number of fused-ring (bicyclic) bond motifs is 1. The average Bonchev–Trinajstić information content (AvgIpc) is 3.39. The molecule has 6 nitrogen and oxygen atoms in total. The monoisotopic (exact) mass is 410 g/mol. The van der Waals surface area contributed by atoms with E-state index in [1.54, 1.807) is 11.0 Å². The summed E-state index contributed by atoms with van der Waals surface area (Å²) >= 11 is 1.45. The summed E-state index contributed by atoms with van der Waals surface area (Å²) in [5.41, 5.74) is 1.73. The van der Waals surface area contributed by atoms with Crippen molar-refractivity contribution in [1.29, 1.82) is 0 Å². The SMILES string of the molecule is Cc1ccc2oc(C(=O)C3=C(O)C(=O)N(CCN(C)C)C3c3cccs3)cc2c1. The van der Waals surface area contributed by atoms with E-state index in [1.807, 2.05) is 61.6 Å². The summed E-state index contributed by atoms with van der Waals surface area (Å²) in [6.45, 7) is 2.98. The topological polar surface area (TPSA) is 74.0 Å². The summed E-state index contributed by atoms with van der Waals surface area (Å²) in [6, 6.07) is 10.5. The van der Waals surface area contributed by atoms with Crippen LogP contribution >= 0.6 is 11.3 Å². The van der Waals surface area contributed by atoms with Gasteiger partial charge >= 0.3 is 0 Å². The van der Waals surface area contributed by atoms with E-state index in [9.17, 15) is 14.7 Å². The third-order valence-electron chi connectivity index (χ3n) is 5.04. The van der Waals surface area contributed by atoms with Crippen molar-refractivity contribution in [3.05, 3.63) is 69.3 Å². The largest absolute Gasteiger partial charge is 0.503 e. The molecule has 7 heteroatoms. The summed E-state index contributed by atoms with van der Waals surface area (Å²) in [6.07, 6.45) is 0. The Hall–Kier alpha value is -2.90. The van der Waals surface area contributed by atoms with Crippen molar-refractivity contribution in [2.24, 2.45) is 0 Å². The quantitative estimate of drug-likeness (QED) is 0.623. The van der Waals surface area contributed by atoms with Crippen LogP contribution < -0.4 is 0 Å². The van der Waals surface area contributed by atoms with Gasteiger partial charge in [-0.1, -0.05) is 17.7 Å². The highest BCUT2D eigenvalue weighted by molar-refractivity contribution is 7.10. The summed E-state index contributed by atoms with van der Waals surface area (Å²) < 4.78 is 5.75. The highest BCUT2D eigenvalue weighted by Gasteiger charge is 2.44. The molecule has 4 rings (SSSR count). The van der Waals surface area contributed by atoms with E-state index in [0.29, 0.717) is 18.7 Å². The van der Waals surface area contributed by atoms with Crippen LogP contribution in [0.5, 0.6) is 0 Å². The molecule has 150 valence electrons. The molecule has 0 bridgehead atoms. The zero-order chi connectivity index (χ0) is 20.7. The van der Waals surface area contributed by atoms with Gasteiger partial charge in [0, 0.05) is 23.4 Å². The standard InChI is InChI=1S/C22H22N2O4S/c1-13-6-7-15-14(11-13)12-16(28-15)20(25)18-19(17-5-4-10-29-17)24(9-8-23(2)3)22(27)21(18)26/h4-7,10-12,19,26H,8-9H2,1-3H3. The van der Waals surface area contributed by atoms with Crippen molar-refractivity contribution in [2.45, 2.75) is 13.0 Å². The molecular formula is C22H22N2O4S. The molecule has 1 aliphatic rings. The Morgan fingerprint density at radius 3 is 2.76 bits per heavy atom. The number of likely N-dealkylation sites (N-methyl/N-ethyl adjacent to an activating group) is 1. The van der Waals surface area contributed by atoms with Crippen LogP contribution in [0, 0.1) is 6.92 Å². The van der Waals surface area contributed by atoms with E-state index in [4.69, 9.17) is 4.42 Å². The Kier molecular flexibility index (Phi) is 5.02. The van der Waals surface area contributed by atoms with Crippen LogP contribution in [0.1, 0.15) is 27.0 Å². The van der Waals surface area contributed by atoms with Gasteiger partial charge in [-0.05, 0) is 50.7 Å². The summed E-state index contributed by atoms with van der Waals surface area (Å²) in [5.74, 6) is -1.37. The van der Waals surface area contributed by atoms with E-state index in [-0.39, 0.29) is 11.3 Å². The summed E-state index contributed by atoms with van der Waals surface area (Å²) in [7, 11) is 3.83. The molecule has 1 aromatic carbocycles. The van der Waals surface area contributed by atoms with Gasteiger partial charge in [0.1, 0.15) is 5.58 Å². The first kappa shape index (κ1) is 19.4. The zero-order valence-electron chi connectivity index (χ0n) is 16.5. The van der Waals surface area contributed by atoms with Gasteiger partial charge in [-0.15, -0.1) is 11.3 Å². The second-order valence-corrected chi connectivity index (χ2v) is 8.44. The number of aliphatic hydroxyl groups is 1. The predicted octanol–water partition coefficient (Wildman–Crippen LogP) is 3.94. The van der Waals surface area contributed by atoms with Crippen molar-refractivity contribution >= 4 is 34.0 Å². The van der Waals surface area contributed by atoms with Crippen LogP contribution in [0.15, 0.2) is 57.5 Å². The molecule has 0 fully saturated rings. The van der Waals surface area contributed by atoms with Crippen LogP contribution in [0.4, 0.5) is 0 Å². The van der Waals surface area contributed by atoms with E-state index in [2.05, 4.69) is 0 Å². The molecule has 1 aliphatic heterocycles. The van der Waals surface area contributed by atoms with Crippen LogP contribution in [-0.2, 0) is 4.79 Å². The number of rotatable bonds is 6. The molecule has 0 spiro atoms. The first-order chi connectivity index (χ1) is 13.9. The predicted molar refractivity (Wildman–Crippen MR) is 112 cm³/mol. The Labute approximate surface area is 172 Å². The number of carbonyl (C=O) groups is 2. The lowest BCUT2D eigenvalue weighted by atomic mass is 10.00. The molecule has 2 aromatic heterocycles. The number of furan rings is 1. The third-order valence-corrected chi connectivity index (χ3v) is 5.97. The van der Waals surface area contributed by atoms with Gasteiger partial charge < -0.3 is 19.3 Å². The van der Waals surface area contributed by atoms with Gasteiger partial charge in [-0.2, -0.15) is 0 Å². The first-order valence-corrected chi connectivity index (χ1v) is 10.2. The summed E-state index contributed by atoms with van der Waals surface area (Å²) in [5, 5.41) is 13.3. The number of carbonyl (C=O) groups excluding carboxylic acids is 2. The highest BCUT2D eigenvalue weighted by atomic mass is 32.1. The Morgan fingerprint density at radius 1 is 1.28 bits per heavy atom. The van der Waals surface area contributed by atoms with Gasteiger partial charge in [0.2, 0.25) is 5.78 Å². The van der Waals surface area contributed by atoms with Crippen LogP contribution in [-0.4, -0.2) is 53.8 Å². The normalized spacial score (nSPS) is 17.2. The van der Waals surface area contributed by atoms with Crippen molar-refractivity contribution in [1.82, 2.24) is 9.80 Å². The fourth-order valence-electron chi connectivity index (χ4n) is 3.57. The molecule has 1 amide bonds. The minimum atomic E-state index is -0.620. The van der Waals surface area contributed by atoms with Crippen LogP contribution in [0.3, 0.4) is 0 Å². The number of aliphatic hydroxyl groups excluding tert-OH is 1. The fourth-order valence-corrected chi connectivity index (χ4v) is 4.42. The molecule has 3 aromatic rings. The number of hydrogen-bond donors (Lipinski definition) is 1. The van der Waals surface area contributed by atoms with E-state index in [0.717, 1.165) is 15.8 Å². The van der Waals surface area contributed by atoms with Crippen molar-refractivity contribution < 1.29 is 19.1 Å². The maximum atomic E-state index is 13.4. The lowest BCUT2D eigenvalue weighted by molar-refractivity contribution is -0.129. The molecule has 0 aliphatic carbocycles. The smallest absolute Gasteiger partial charge is 0.290 e. The highest BCUT2D eigenvalue weighted by Crippen LogP contribution is 2.41. The number of amides is 1. The summed E-state index contributed by atoms with van der Waals surface area (Å²) in [4.78, 5) is 30.5. The number of nitrogens with zero attached hydrogens (tertiary/aromatic N) is 2. The van der Waals surface area contributed by atoms with Crippen molar-refractivity contribution in [3.8, 4) is 0 Å². The number of thiophene rings is 1. The van der Waals surface area contributed by atoms with Gasteiger partial charge in [0.25, 0.3) is 5.91 Å². The molecule has 0 radical (unpaired) electrons.